The molecule has 0 saturated carbocycles. The van der Waals surface area contributed by atoms with Crippen LogP contribution in [0, 0.1) is 0 Å². The van der Waals surface area contributed by atoms with Crippen molar-refractivity contribution in [1.29, 1.82) is 0 Å². The van der Waals surface area contributed by atoms with Crippen LogP contribution >= 0.6 is 11.3 Å². The summed E-state index contributed by atoms with van der Waals surface area (Å²) in [6, 6.07) is 13.5. The highest BCUT2D eigenvalue weighted by atomic mass is 32.1. The van der Waals surface area contributed by atoms with Gasteiger partial charge in [0, 0.05) is 23.9 Å². The number of carbonyl (C=O) groups excluding carboxylic acids is 1. The van der Waals surface area contributed by atoms with E-state index in [0.29, 0.717) is 25.4 Å². The highest BCUT2D eigenvalue weighted by Crippen LogP contribution is 2.38. The van der Waals surface area contributed by atoms with E-state index >= 15 is 0 Å². The fourth-order valence-corrected chi connectivity index (χ4v) is 4.61. The third-order valence-electron chi connectivity index (χ3n) is 5.64. The number of fused-ring (bicyclic) bond motifs is 1. The quantitative estimate of drug-likeness (QED) is 0.572. The average Bonchev–Trinajstić information content (AvgIpc) is 3.45. The second-order valence-corrected chi connectivity index (χ2v) is 8.42. The fraction of sp³-hybridized carbons (Fsp3) is 0.333. The van der Waals surface area contributed by atoms with Gasteiger partial charge in [0.2, 0.25) is 0 Å². The number of benzene rings is 2. The van der Waals surface area contributed by atoms with E-state index in [1.54, 1.807) is 16.8 Å². The Hall–Kier alpha value is -3.06. The molecule has 0 bridgehead atoms. The van der Waals surface area contributed by atoms with Gasteiger partial charge in [-0.15, -0.1) is 11.3 Å². The van der Waals surface area contributed by atoms with Crippen LogP contribution in [0.3, 0.4) is 0 Å². The highest BCUT2D eigenvalue weighted by Gasteiger charge is 2.31. The van der Waals surface area contributed by atoms with Crippen LogP contribution in [0.5, 0.6) is 17.2 Å². The average molecular weight is 437 g/mol. The van der Waals surface area contributed by atoms with E-state index in [-0.39, 0.29) is 11.9 Å². The molecule has 0 aliphatic carbocycles. The number of thiazole rings is 1. The summed E-state index contributed by atoms with van der Waals surface area (Å²) >= 11 is 1.55. The van der Waals surface area contributed by atoms with Crippen LogP contribution in [0.25, 0.3) is 0 Å². The third-order valence-corrected chi connectivity index (χ3v) is 6.28. The Morgan fingerprint density at radius 1 is 1.10 bits per heavy atom. The van der Waals surface area contributed by atoms with Gasteiger partial charge in [-0.05, 0) is 54.8 Å². The summed E-state index contributed by atoms with van der Waals surface area (Å²) in [5.74, 6) is 2.33. The molecule has 3 aromatic rings. The van der Waals surface area contributed by atoms with E-state index in [2.05, 4.69) is 11.1 Å². The van der Waals surface area contributed by atoms with Crippen LogP contribution in [-0.2, 0) is 6.61 Å². The molecule has 5 rings (SSSR count). The molecule has 0 radical (unpaired) electrons. The number of rotatable bonds is 5. The second-order valence-electron chi connectivity index (χ2n) is 7.71. The standard InChI is InChI=1S/C24H24N2O4S/c27-24(17-4-7-20(8-5-17)30-14-19-15-31-16-25-19)26-10-1-3-21(26)18-6-9-22-23(13-18)29-12-2-11-28-22/h4-9,13,15-16,21H,1-3,10-12,14H2. The minimum atomic E-state index is 0.0423. The number of carbonyl (C=O) groups is 1. The first kappa shape index (κ1) is 19.9. The summed E-state index contributed by atoms with van der Waals surface area (Å²) in [5.41, 5.74) is 4.46. The molecule has 1 fully saturated rings. The van der Waals surface area contributed by atoms with Crippen LogP contribution < -0.4 is 14.2 Å². The number of hydrogen-bond acceptors (Lipinski definition) is 6. The van der Waals surface area contributed by atoms with Crippen LogP contribution in [0.15, 0.2) is 53.4 Å². The summed E-state index contributed by atoms with van der Waals surface area (Å²) in [5, 5.41) is 1.96. The molecule has 2 aromatic carbocycles. The van der Waals surface area contributed by atoms with Crippen molar-refractivity contribution in [3.05, 3.63) is 70.2 Å². The summed E-state index contributed by atoms with van der Waals surface area (Å²) in [4.78, 5) is 19.4. The third kappa shape index (κ3) is 4.37. The number of ether oxygens (including phenoxy) is 3. The molecule has 160 valence electrons. The molecule has 0 spiro atoms. The molecule has 0 N–H and O–H groups in total. The lowest BCUT2D eigenvalue weighted by Crippen LogP contribution is -2.30. The Bertz CT molecular complexity index is 1040. The van der Waals surface area contributed by atoms with Crippen molar-refractivity contribution in [1.82, 2.24) is 9.88 Å². The lowest BCUT2D eigenvalue weighted by molar-refractivity contribution is 0.0735. The molecule has 6 nitrogen and oxygen atoms in total. The second kappa shape index (κ2) is 8.98. The first-order valence-corrected chi connectivity index (χ1v) is 11.5. The SMILES string of the molecule is O=C(c1ccc(OCc2cscn2)cc1)N1CCCC1c1ccc2c(c1)OCCCO2. The predicted molar refractivity (Wildman–Crippen MR) is 118 cm³/mol. The van der Waals surface area contributed by atoms with Crippen molar-refractivity contribution >= 4 is 17.2 Å². The molecule has 2 aliphatic rings. The number of hydrogen-bond donors (Lipinski definition) is 0. The van der Waals surface area contributed by atoms with Crippen molar-refractivity contribution in [3.8, 4) is 17.2 Å². The minimum Gasteiger partial charge on any atom is -0.490 e. The van der Waals surface area contributed by atoms with Gasteiger partial charge in [0.15, 0.2) is 11.5 Å². The van der Waals surface area contributed by atoms with Crippen LogP contribution in [0.2, 0.25) is 0 Å². The van der Waals surface area contributed by atoms with Crippen molar-refractivity contribution < 1.29 is 19.0 Å². The number of amides is 1. The van der Waals surface area contributed by atoms with Crippen LogP contribution in [0.4, 0.5) is 0 Å². The summed E-state index contributed by atoms with van der Waals surface area (Å²) in [6.45, 7) is 2.50. The Labute approximate surface area is 185 Å². The van der Waals surface area contributed by atoms with Gasteiger partial charge in [0.25, 0.3) is 5.91 Å². The normalized spacial score (nSPS) is 17.9. The number of nitrogens with zero attached hydrogens (tertiary/aromatic N) is 2. The van der Waals surface area contributed by atoms with Crippen LogP contribution in [0.1, 0.15) is 46.9 Å². The maximum absolute atomic E-state index is 13.3. The molecule has 1 aromatic heterocycles. The Balaban J connectivity index is 1.29. The molecule has 1 atom stereocenters. The van der Waals surface area contributed by atoms with E-state index in [0.717, 1.165) is 54.3 Å². The maximum atomic E-state index is 13.3. The Kier molecular flexibility index (Phi) is 5.76. The first-order chi connectivity index (χ1) is 15.3. The van der Waals surface area contributed by atoms with E-state index in [1.165, 1.54) is 0 Å². The van der Waals surface area contributed by atoms with E-state index in [4.69, 9.17) is 14.2 Å². The molecular weight excluding hydrogens is 412 g/mol. The van der Waals surface area contributed by atoms with Gasteiger partial charge in [-0.3, -0.25) is 4.79 Å². The minimum absolute atomic E-state index is 0.0423. The van der Waals surface area contributed by atoms with Gasteiger partial charge in [-0.1, -0.05) is 6.07 Å². The molecule has 2 aliphatic heterocycles. The lowest BCUT2D eigenvalue weighted by Gasteiger charge is -2.26. The van der Waals surface area contributed by atoms with Crippen molar-refractivity contribution in [2.24, 2.45) is 0 Å². The zero-order valence-electron chi connectivity index (χ0n) is 17.2. The molecule has 31 heavy (non-hydrogen) atoms. The van der Waals surface area contributed by atoms with E-state index < -0.39 is 0 Å². The molecule has 7 heteroatoms. The monoisotopic (exact) mass is 436 g/mol. The molecule has 1 unspecified atom stereocenters. The highest BCUT2D eigenvalue weighted by molar-refractivity contribution is 7.07. The fourth-order valence-electron chi connectivity index (χ4n) is 4.07. The summed E-state index contributed by atoms with van der Waals surface area (Å²) in [7, 11) is 0. The van der Waals surface area contributed by atoms with Crippen LogP contribution in [-0.4, -0.2) is 35.5 Å². The maximum Gasteiger partial charge on any atom is 0.254 e. The van der Waals surface area contributed by atoms with Gasteiger partial charge >= 0.3 is 0 Å². The number of aromatic nitrogens is 1. The molecule has 3 heterocycles. The Morgan fingerprint density at radius 3 is 2.74 bits per heavy atom. The Morgan fingerprint density at radius 2 is 1.94 bits per heavy atom. The van der Waals surface area contributed by atoms with Gasteiger partial charge in [-0.25, -0.2) is 4.98 Å². The summed E-state index contributed by atoms with van der Waals surface area (Å²) in [6.07, 6.45) is 2.81. The van der Waals surface area contributed by atoms with Gasteiger partial charge < -0.3 is 19.1 Å². The van der Waals surface area contributed by atoms with Crippen molar-refractivity contribution in [3.63, 3.8) is 0 Å². The summed E-state index contributed by atoms with van der Waals surface area (Å²) < 4.78 is 17.3. The van der Waals surface area contributed by atoms with Crippen molar-refractivity contribution in [2.45, 2.75) is 31.9 Å². The number of likely N-dealkylation sites (tertiary alicyclic amines) is 1. The van der Waals surface area contributed by atoms with E-state index in [9.17, 15) is 4.79 Å². The topological polar surface area (TPSA) is 60.9 Å². The largest absolute Gasteiger partial charge is 0.490 e. The van der Waals surface area contributed by atoms with Gasteiger partial charge in [0.1, 0.15) is 12.4 Å². The van der Waals surface area contributed by atoms with Crippen molar-refractivity contribution in [2.75, 3.05) is 19.8 Å². The molecule has 1 amide bonds. The molecule has 1 saturated heterocycles. The predicted octanol–water partition coefficient (Wildman–Crippen LogP) is 4.86. The lowest BCUT2D eigenvalue weighted by atomic mass is 10.0. The molecular formula is C24H24N2O4S. The van der Waals surface area contributed by atoms with Gasteiger partial charge in [-0.2, -0.15) is 0 Å². The zero-order valence-corrected chi connectivity index (χ0v) is 18.0. The smallest absolute Gasteiger partial charge is 0.254 e. The van der Waals surface area contributed by atoms with Gasteiger partial charge in [0.05, 0.1) is 30.5 Å². The van der Waals surface area contributed by atoms with E-state index in [1.807, 2.05) is 46.7 Å². The zero-order chi connectivity index (χ0) is 21.0. The first-order valence-electron chi connectivity index (χ1n) is 10.6.